The Balaban J connectivity index is 1.99. The Bertz CT molecular complexity index is 718. The molecule has 2 aliphatic heterocycles. The van der Waals surface area contributed by atoms with Crippen LogP contribution in [0, 0.1) is 5.41 Å². The van der Waals surface area contributed by atoms with E-state index in [0.29, 0.717) is 4.88 Å². The van der Waals surface area contributed by atoms with E-state index in [1.807, 2.05) is 0 Å². The first-order valence-electron chi connectivity index (χ1n) is 5.47. The van der Waals surface area contributed by atoms with Crippen LogP contribution in [0.25, 0.3) is 6.08 Å². The number of fused-ring (bicyclic) bond motifs is 1. The van der Waals surface area contributed by atoms with Crippen LogP contribution < -0.4 is 0 Å². The zero-order valence-electron chi connectivity index (χ0n) is 10.0. The molecular formula is C11H5F3N4OS2. The molecule has 0 atom stereocenters. The number of hydrazone groups is 1. The number of aliphatic imine (C=N–C) groups is 1. The molecule has 1 aromatic heterocycles. The van der Waals surface area contributed by atoms with E-state index in [1.54, 1.807) is 17.5 Å². The summed E-state index contributed by atoms with van der Waals surface area (Å²) in [6.07, 6.45) is -3.22. The van der Waals surface area contributed by atoms with Crippen LogP contribution in [-0.4, -0.2) is 33.1 Å². The van der Waals surface area contributed by atoms with Crippen LogP contribution in [0.2, 0.25) is 0 Å². The summed E-state index contributed by atoms with van der Waals surface area (Å²) in [6.45, 7) is 0. The van der Waals surface area contributed by atoms with E-state index in [2.05, 4.69) is 10.1 Å². The fourth-order valence-electron chi connectivity index (χ4n) is 1.62. The topological polar surface area (TPSA) is 68.9 Å². The number of nitrogens with zero attached hydrogens (tertiary/aromatic N) is 3. The van der Waals surface area contributed by atoms with Gasteiger partial charge in [0.1, 0.15) is 0 Å². The van der Waals surface area contributed by atoms with Crippen LogP contribution in [-0.2, 0) is 4.79 Å². The Kier molecular flexibility index (Phi) is 3.21. The fourth-order valence-corrected chi connectivity index (χ4v) is 3.04. The normalized spacial score (nSPS) is 20.7. The number of nitrogens with one attached hydrogen (secondary N) is 1. The van der Waals surface area contributed by atoms with Gasteiger partial charge in [-0.3, -0.25) is 10.2 Å². The molecule has 1 aromatic rings. The molecule has 0 spiro atoms. The van der Waals surface area contributed by atoms with Gasteiger partial charge in [0.05, 0.1) is 5.57 Å². The largest absolute Gasteiger partial charge is 0.441 e. The Morgan fingerprint density at radius 3 is 2.76 bits per heavy atom. The minimum atomic E-state index is -4.63. The summed E-state index contributed by atoms with van der Waals surface area (Å²) in [5.74, 6) is -1.16. The maximum absolute atomic E-state index is 12.6. The molecule has 0 saturated heterocycles. The standard InChI is InChI=1S/C11H5F3N4OS2/c12-11(13,14)9-17-18-7(15)6(4-5-2-1-3-20-5)8(19)16-10(18)21-9/h1-4,15H/b6-4-,15-7?. The van der Waals surface area contributed by atoms with E-state index in [1.165, 1.54) is 17.4 Å². The third kappa shape index (κ3) is 2.51. The zero-order valence-corrected chi connectivity index (χ0v) is 11.6. The molecule has 0 fully saturated rings. The monoisotopic (exact) mass is 330 g/mol. The number of hydrogen-bond donors (Lipinski definition) is 1. The summed E-state index contributed by atoms with van der Waals surface area (Å²) in [5.41, 5.74) is -0.0889. The lowest BCUT2D eigenvalue weighted by atomic mass is 10.1. The van der Waals surface area contributed by atoms with Gasteiger partial charge in [0.25, 0.3) is 5.91 Å². The van der Waals surface area contributed by atoms with E-state index in [9.17, 15) is 18.0 Å². The predicted molar refractivity (Wildman–Crippen MR) is 75.4 cm³/mol. The molecule has 108 valence electrons. The van der Waals surface area contributed by atoms with Gasteiger partial charge in [-0.1, -0.05) is 6.07 Å². The Hall–Kier alpha value is -1.94. The number of thioether (sulfide) groups is 1. The van der Waals surface area contributed by atoms with Gasteiger partial charge in [0, 0.05) is 4.88 Å². The van der Waals surface area contributed by atoms with E-state index < -0.39 is 23.0 Å². The summed E-state index contributed by atoms with van der Waals surface area (Å²) in [6, 6.07) is 3.48. The smallest absolute Gasteiger partial charge is 0.282 e. The van der Waals surface area contributed by atoms with Crippen LogP contribution in [0.3, 0.4) is 0 Å². The van der Waals surface area contributed by atoms with E-state index in [0.717, 1.165) is 5.01 Å². The molecule has 10 heteroatoms. The molecule has 0 bridgehead atoms. The second kappa shape index (κ2) is 4.81. The van der Waals surface area contributed by atoms with Crippen LogP contribution in [0.4, 0.5) is 13.2 Å². The third-order valence-corrected chi connectivity index (χ3v) is 4.30. The Morgan fingerprint density at radius 2 is 2.14 bits per heavy atom. The van der Waals surface area contributed by atoms with Crippen molar-refractivity contribution in [1.29, 1.82) is 5.41 Å². The van der Waals surface area contributed by atoms with Gasteiger partial charge in [-0.15, -0.1) is 11.3 Å². The maximum atomic E-state index is 12.6. The number of alkyl halides is 3. The third-order valence-electron chi connectivity index (χ3n) is 2.53. The zero-order chi connectivity index (χ0) is 15.2. The molecule has 3 rings (SSSR count). The number of carbonyl (C=O) groups is 1. The van der Waals surface area contributed by atoms with Gasteiger partial charge < -0.3 is 0 Å². The first kappa shape index (κ1) is 14.0. The Morgan fingerprint density at radius 1 is 1.38 bits per heavy atom. The number of carbonyl (C=O) groups excluding carboxylic acids is 1. The van der Waals surface area contributed by atoms with Crippen molar-refractivity contribution in [3.8, 4) is 0 Å². The maximum Gasteiger partial charge on any atom is 0.441 e. The van der Waals surface area contributed by atoms with Gasteiger partial charge in [-0.05, 0) is 29.3 Å². The van der Waals surface area contributed by atoms with Crippen molar-refractivity contribution in [2.45, 2.75) is 6.18 Å². The lowest BCUT2D eigenvalue weighted by Gasteiger charge is -2.19. The highest BCUT2D eigenvalue weighted by Gasteiger charge is 2.46. The van der Waals surface area contributed by atoms with Crippen LogP contribution in [0.5, 0.6) is 0 Å². The minimum Gasteiger partial charge on any atom is -0.282 e. The molecule has 1 amide bonds. The first-order valence-corrected chi connectivity index (χ1v) is 7.17. The molecule has 0 saturated carbocycles. The predicted octanol–water partition coefficient (Wildman–Crippen LogP) is 2.93. The van der Waals surface area contributed by atoms with Crippen molar-refractivity contribution in [2.75, 3.05) is 0 Å². The number of rotatable bonds is 1. The Labute approximate surface area is 124 Å². The van der Waals surface area contributed by atoms with Gasteiger partial charge in [-0.25, -0.2) is 0 Å². The van der Waals surface area contributed by atoms with Crippen LogP contribution >= 0.6 is 23.1 Å². The quantitative estimate of drug-likeness (QED) is 0.805. The number of thiophene rings is 1. The van der Waals surface area contributed by atoms with Crippen LogP contribution in [0.1, 0.15) is 4.88 Å². The summed E-state index contributed by atoms with van der Waals surface area (Å²) in [5, 5.41) is 12.3. The lowest BCUT2D eigenvalue weighted by molar-refractivity contribution is -0.114. The molecule has 0 aromatic carbocycles. The highest BCUT2D eigenvalue weighted by Crippen LogP contribution is 2.35. The average molecular weight is 330 g/mol. The highest BCUT2D eigenvalue weighted by molar-refractivity contribution is 8.27. The molecule has 2 aliphatic rings. The molecule has 5 nitrogen and oxygen atoms in total. The summed E-state index contributed by atoms with van der Waals surface area (Å²) >= 11 is 1.57. The van der Waals surface area contributed by atoms with Crippen molar-refractivity contribution < 1.29 is 18.0 Å². The van der Waals surface area contributed by atoms with E-state index >= 15 is 0 Å². The van der Waals surface area contributed by atoms with E-state index in [4.69, 9.17) is 5.41 Å². The fraction of sp³-hybridized carbons (Fsp3) is 0.0909. The lowest BCUT2D eigenvalue weighted by Crippen LogP contribution is -2.35. The van der Waals surface area contributed by atoms with Crippen molar-refractivity contribution in [2.24, 2.45) is 10.1 Å². The summed E-state index contributed by atoms with van der Waals surface area (Å²) < 4.78 is 37.9. The molecule has 21 heavy (non-hydrogen) atoms. The summed E-state index contributed by atoms with van der Waals surface area (Å²) in [4.78, 5) is 16.1. The highest BCUT2D eigenvalue weighted by atomic mass is 32.2. The number of amidine groups is 2. The molecule has 3 heterocycles. The minimum absolute atomic E-state index is 0.0889. The van der Waals surface area contributed by atoms with Crippen molar-refractivity contribution in [1.82, 2.24) is 5.01 Å². The molecule has 1 N–H and O–H groups in total. The molecule has 0 radical (unpaired) electrons. The van der Waals surface area contributed by atoms with Crippen molar-refractivity contribution in [3.63, 3.8) is 0 Å². The second-order valence-electron chi connectivity index (χ2n) is 3.94. The van der Waals surface area contributed by atoms with E-state index in [-0.39, 0.29) is 22.5 Å². The van der Waals surface area contributed by atoms with Crippen molar-refractivity contribution in [3.05, 3.63) is 28.0 Å². The SMILES string of the molecule is N=C1/C(=C/c2cccs2)C(=O)N=C2SC(C(F)(F)F)=NN12. The number of halogens is 3. The van der Waals surface area contributed by atoms with Crippen LogP contribution in [0.15, 0.2) is 33.2 Å². The number of hydrogen-bond acceptors (Lipinski definition) is 5. The summed E-state index contributed by atoms with van der Waals surface area (Å²) in [7, 11) is 0. The van der Waals surface area contributed by atoms with Gasteiger partial charge in [0.15, 0.2) is 5.84 Å². The molecule has 0 unspecified atom stereocenters. The van der Waals surface area contributed by atoms with Crippen molar-refractivity contribution >= 4 is 51.1 Å². The molecular weight excluding hydrogens is 325 g/mol. The first-order chi connectivity index (χ1) is 9.86. The van der Waals surface area contributed by atoms with Gasteiger partial charge in [0.2, 0.25) is 10.2 Å². The second-order valence-corrected chi connectivity index (χ2v) is 5.87. The van der Waals surface area contributed by atoms with Gasteiger partial charge in [-0.2, -0.15) is 28.3 Å². The number of amides is 1. The average Bonchev–Trinajstić information content (AvgIpc) is 3.02. The molecule has 0 aliphatic carbocycles. The van der Waals surface area contributed by atoms with Gasteiger partial charge >= 0.3 is 6.18 Å².